The van der Waals surface area contributed by atoms with Gasteiger partial charge in [-0.25, -0.2) is 4.98 Å². The summed E-state index contributed by atoms with van der Waals surface area (Å²) < 4.78 is 5.71. The Kier molecular flexibility index (Phi) is 3.02. The molecule has 2 rings (SSSR count). The average molecular weight is 219 g/mol. The van der Waals surface area contributed by atoms with Crippen LogP contribution in [-0.2, 0) is 6.61 Å². The number of para-hydroxylation sites is 1. The van der Waals surface area contributed by atoms with E-state index in [2.05, 4.69) is 4.98 Å². The van der Waals surface area contributed by atoms with Crippen LogP contribution in [-0.4, -0.2) is 4.98 Å². The van der Waals surface area contributed by atoms with Gasteiger partial charge >= 0.3 is 0 Å². The van der Waals surface area contributed by atoms with Crippen LogP contribution in [0.3, 0.4) is 0 Å². The molecule has 0 amide bonds. The molecule has 0 spiro atoms. The summed E-state index contributed by atoms with van der Waals surface area (Å²) in [7, 11) is 0. The van der Waals surface area contributed by atoms with Crippen molar-refractivity contribution in [2.75, 3.05) is 0 Å². The van der Waals surface area contributed by atoms with Crippen molar-refractivity contribution in [3.63, 3.8) is 0 Å². The van der Waals surface area contributed by atoms with E-state index in [1.165, 1.54) is 5.56 Å². The highest BCUT2D eigenvalue weighted by Crippen LogP contribution is 2.19. The van der Waals surface area contributed by atoms with Gasteiger partial charge in [0.15, 0.2) is 0 Å². The third-order valence-electron chi connectivity index (χ3n) is 2.13. The molecule has 0 aliphatic carbocycles. The van der Waals surface area contributed by atoms with Crippen molar-refractivity contribution >= 4 is 11.3 Å². The molecule has 1 heterocycles. The first-order valence-corrected chi connectivity index (χ1v) is 5.67. The van der Waals surface area contributed by atoms with Gasteiger partial charge in [0, 0.05) is 6.20 Å². The van der Waals surface area contributed by atoms with Gasteiger partial charge in [-0.15, -0.1) is 11.3 Å². The topological polar surface area (TPSA) is 22.1 Å². The molecule has 1 aromatic heterocycles. The molecule has 0 atom stereocenters. The lowest BCUT2D eigenvalue weighted by Crippen LogP contribution is -1.94. The lowest BCUT2D eigenvalue weighted by molar-refractivity contribution is 0.307. The lowest BCUT2D eigenvalue weighted by atomic mass is 10.2. The first-order valence-electron chi connectivity index (χ1n) is 4.85. The molecule has 0 aliphatic heterocycles. The zero-order valence-corrected chi connectivity index (χ0v) is 9.67. The molecule has 0 unspecified atom stereocenters. The fourth-order valence-corrected chi connectivity index (χ4v) is 2.05. The highest BCUT2D eigenvalue weighted by Gasteiger charge is 2.01. The Labute approximate surface area is 93.6 Å². The molecule has 0 bridgehead atoms. The van der Waals surface area contributed by atoms with E-state index in [1.54, 1.807) is 11.3 Å². The Balaban J connectivity index is 2.02. The SMILES string of the molecule is Cc1ncc(COc2ccccc2C)s1. The maximum Gasteiger partial charge on any atom is 0.124 e. The summed E-state index contributed by atoms with van der Waals surface area (Å²) in [5, 5.41) is 1.08. The van der Waals surface area contributed by atoms with Gasteiger partial charge in [0.2, 0.25) is 0 Å². The fraction of sp³-hybridized carbons (Fsp3) is 0.250. The zero-order valence-electron chi connectivity index (χ0n) is 8.86. The number of thiazole rings is 1. The van der Waals surface area contributed by atoms with Crippen LogP contribution >= 0.6 is 11.3 Å². The molecule has 15 heavy (non-hydrogen) atoms. The maximum absolute atomic E-state index is 5.71. The van der Waals surface area contributed by atoms with E-state index < -0.39 is 0 Å². The molecule has 0 radical (unpaired) electrons. The van der Waals surface area contributed by atoms with Gasteiger partial charge in [-0.2, -0.15) is 0 Å². The van der Waals surface area contributed by atoms with Gasteiger partial charge in [-0.3, -0.25) is 0 Å². The van der Waals surface area contributed by atoms with Crippen LogP contribution in [0.4, 0.5) is 0 Å². The predicted octanol–water partition coefficient (Wildman–Crippen LogP) is 3.34. The largest absolute Gasteiger partial charge is 0.488 e. The number of benzene rings is 1. The summed E-state index contributed by atoms with van der Waals surface area (Å²) >= 11 is 1.68. The number of aryl methyl sites for hydroxylation is 2. The molecule has 3 heteroatoms. The van der Waals surface area contributed by atoms with Gasteiger partial charge in [0.25, 0.3) is 0 Å². The van der Waals surface area contributed by atoms with E-state index in [0.717, 1.165) is 15.6 Å². The quantitative estimate of drug-likeness (QED) is 0.790. The highest BCUT2D eigenvalue weighted by molar-refractivity contribution is 7.11. The second-order valence-electron chi connectivity index (χ2n) is 3.40. The minimum atomic E-state index is 0.608. The molecule has 2 nitrogen and oxygen atoms in total. The van der Waals surface area contributed by atoms with Crippen LogP contribution in [0.2, 0.25) is 0 Å². The molecule has 2 aromatic rings. The molecule has 0 saturated carbocycles. The van der Waals surface area contributed by atoms with Crippen LogP contribution in [0.5, 0.6) is 5.75 Å². The molecule has 1 aromatic carbocycles. The number of hydrogen-bond acceptors (Lipinski definition) is 3. The monoisotopic (exact) mass is 219 g/mol. The van der Waals surface area contributed by atoms with Crippen LogP contribution in [0.1, 0.15) is 15.4 Å². The summed E-state index contributed by atoms with van der Waals surface area (Å²) in [6, 6.07) is 8.04. The van der Waals surface area contributed by atoms with Crippen molar-refractivity contribution in [1.29, 1.82) is 0 Å². The molecule has 0 saturated heterocycles. The molecular formula is C12H13NOS. The van der Waals surface area contributed by atoms with Crippen molar-refractivity contribution in [1.82, 2.24) is 4.98 Å². The Morgan fingerprint density at radius 1 is 1.27 bits per heavy atom. The Hall–Kier alpha value is -1.35. The number of rotatable bonds is 3. The number of nitrogens with zero attached hydrogens (tertiary/aromatic N) is 1. The summed E-state index contributed by atoms with van der Waals surface area (Å²) in [5.41, 5.74) is 1.17. The first-order chi connectivity index (χ1) is 7.25. The number of aromatic nitrogens is 1. The van der Waals surface area contributed by atoms with Gasteiger partial charge in [0.05, 0.1) is 9.88 Å². The van der Waals surface area contributed by atoms with E-state index in [0.29, 0.717) is 6.61 Å². The van der Waals surface area contributed by atoms with E-state index in [9.17, 15) is 0 Å². The fourth-order valence-electron chi connectivity index (χ4n) is 1.34. The van der Waals surface area contributed by atoms with Gasteiger partial charge in [0.1, 0.15) is 12.4 Å². The van der Waals surface area contributed by atoms with Crippen molar-refractivity contribution in [2.45, 2.75) is 20.5 Å². The summed E-state index contributed by atoms with van der Waals surface area (Å²) in [6.07, 6.45) is 1.87. The maximum atomic E-state index is 5.71. The predicted molar refractivity (Wildman–Crippen MR) is 62.4 cm³/mol. The first kappa shape index (κ1) is 10.2. The van der Waals surface area contributed by atoms with Gasteiger partial charge < -0.3 is 4.74 Å². The van der Waals surface area contributed by atoms with E-state index in [4.69, 9.17) is 4.74 Å². The van der Waals surface area contributed by atoms with Crippen LogP contribution in [0, 0.1) is 13.8 Å². The number of ether oxygens (including phenoxy) is 1. The minimum absolute atomic E-state index is 0.608. The van der Waals surface area contributed by atoms with E-state index in [-0.39, 0.29) is 0 Å². The minimum Gasteiger partial charge on any atom is -0.488 e. The standard InChI is InChI=1S/C12H13NOS/c1-9-5-3-4-6-12(9)14-8-11-7-13-10(2)15-11/h3-7H,8H2,1-2H3. The molecule has 0 N–H and O–H groups in total. The third-order valence-corrected chi connectivity index (χ3v) is 3.02. The second kappa shape index (κ2) is 4.45. The summed E-state index contributed by atoms with van der Waals surface area (Å²) in [4.78, 5) is 5.35. The van der Waals surface area contributed by atoms with Crippen LogP contribution < -0.4 is 4.74 Å². The van der Waals surface area contributed by atoms with E-state index in [1.807, 2.05) is 44.3 Å². The highest BCUT2D eigenvalue weighted by atomic mass is 32.1. The number of hydrogen-bond donors (Lipinski definition) is 0. The molecule has 0 aliphatic rings. The Bertz CT molecular complexity index is 450. The lowest BCUT2D eigenvalue weighted by Gasteiger charge is -2.06. The molecular weight excluding hydrogens is 206 g/mol. The van der Waals surface area contributed by atoms with Gasteiger partial charge in [-0.05, 0) is 25.5 Å². The molecule has 0 fully saturated rings. The normalized spacial score (nSPS) is 10.3. The molecule has 78 valence electrons. The van der Waals surface area contributed by atoms with Crippen LogP contribution in [0.25, 0.3) is 0 Å². The van der Waals surface area contributed by atoms with Crippen molar-refractivity contribution in [2.24, 2.45) is 0 Å². The smallest absolute Gasteiger partial charge is 0.124 e. The second-order valence-corrected chi connectivity index (χ2v) is 4.72. The van der Waals surface area contributed by atoms with E-state index >= 15 is 0 Å². The summed E-state index contributed by atoms with van der Waals surface area (Å²) in [6.45, 7) is 4.66. The Morgan fingerprint density at radius 3 is 2.73 bits per heavy atom. The Morgan fingerprint density at radius 2 is 2.07 bits per heavy atom. The van der Waals surface area contributed by atoms with Gasteiger partial charge in [-0.1, -0.05) is 18.2 Å². The van der Waals surface area contributed by atoms with Crippen molar-refractivity contribution < 1.29 is 4.74 Å². The third kappa shape index (κ3) is 2.57. The average Bonchev–Trinajstić information content (AvgIpc) is 2.63. The summed E-state index contributed by atoms with van der Waals surface area (Å²) in [5.74, 6) is 0.948. The van der Waals surface area contributed by atoms with Crippen molar-refractivity contribution in [3.8, 4) is 5.75 Å². The zero-order chi connectivity index (χ0) is 10.7. The van der Waals surface area contributed by atoms with Crippen molar-refractivity contribution in [3.05, 3.63) is 45.9 Å². The van der Waals surface area contributed by atoms with Crippen LogP contribution in [0.15, 0.2) is 30.5 Å².